The molecule has 1 aliphatic rings. The summed E-state index contributed by atoms with van der Waals surface area (Å²) in [5.41, 5.74) is 2.26. The molecule has 3 aromatic carbocycles. The molecule has 27 heavy (non-hydrogen) atoms. The highest BCUT2D eigenvalue weighted by molar-refractivity contribution is 9.10. The van der Waals surface area contributed by atoms with Gasteiger partial charge in [0.05, 0.1) is 6.04 Å². The predicted molar refractivity (Wildman–Crippen MR) is 109 cm³/mol. The maximum Gasteiger partial charge on any atom is 0.323 e. The van der Waals surface area contributed by atoms with Gasteiger partial charge in [0.1, 0.15) is 6.04 Å². The maximum atomic E-state index is 13.0. The molecule has 0 bridgehead atoms. The lowest BCUT2D eigenvalue weighted by Gasteiger charge is -2.08. The molecule has 2 atom stereocenters. The number of Topliss-reactive ketones (excluding diaryl/α,β-unsaturated/α-hetero) is 1. The third kappa shape index (κ3) is 3.64. The molecule has 1 heterocycles. The molecule has 3 aromatic rings. The van der Waals surface area contributed by atoms with Gasteiger partial charge in [-0.25, -0.2) is 4.79 Å². The molecule has 0 aliphatic carbocycles. The predicted octanol–water partition coefficient (Wildman–Crippen LogP) is 5.29. The lowest BCUT2D eigenvalue weighted by Crippen LogP contribution is -2.24. The van der Waals surface area contributed by atoms with E-state index in [1.807, 2.05) is 72.8 Å². The van der Waals surface area contributed by atoms with Gasteiger partial charge in [-0.05, 0) is 29.8 Å². The number of nitrogens with zero attached hydrogens (tertiary/aromatic N) is 1. The molecule has 1 N–H and O–H groups in total. The van der Waals surface area contributed by atoms with Crippen molar-refractivity contribution in [2.24, 2.45) is 0 Å². The third-order valence-electron chi connectivity index (χ3n) is 4.61. The first-order valence-electron chi connectivity index (χ1n) is 8.64. The molecule has 1 aliphatic heterocycles. The van der Waals surface area contributed by atoms with Crippen molar-refractivity contribution < 1.29 is 9.59 Å². The quantitative estimate of drug-likeness (QED) is 0.460. The molecule has 4 nitrogen and oxygen atoms in total. The molecule has 4 rings (SSSR count). The Hall–Kier alpha value is -2.92. The first-order chi connectivity index (χ1) is 13.1. The van der Waals surface area contributed by atoms with E-state index in [9.17, 15) is 9.59 Å². The van der Waals surface area contributed by atoms with E-state index < -0.39 is 6.04 Å². The van der Waals surface area contributed by atoms with Crippen LogP contribution in [-0.2, 0) is 0 Å². The Morgan fingerprint density at radius 2 is 1.41 bits per heavy atom. The number of carbonyl (C=O) groups excluding carboxylic acids is 2. The Morgan fingerprint density at radius 1 is 0.815 bits per heavy atom. The van der Waals surface area contributed by atoms with Gasteiger partial charge in [-0.2, -0.15) is 0 Å². The van der Waals surface area contributed by atoms with Crippen molar-refractivity contribution in [3.8, 4) is 0 Å². The molecular weight excluding hydrogens is 404 g/mol. The van der Waals surface area contributed by atoms with Crippen molar-refractivity contribution in [3.05, 3.63) is 101 Å². The highest BCUT2D eigenvalue weighted by Gasteiger charge is 2.56. The normalized spacial score (nSPS) is 18.0. The van der Waals surface area contributed by atoms with Crippen molar-refractivity contribution >= 4 is 33.4 Å². The Bertz CT molecular complexity index is 959. The van der Waals surface area contributed by atoms with Crippen LogP contribution in [0.2, 0.25) is 0 Å². The fourth-order valence-corrected chi connectivity index (χ4v) is 3.51. The standard InChI is InChI=1S/C22H17BrN2O2/c23-17-13-11-16(12-14-17)21(26)20-19(15-7-3-1-4-8-15)25(20)22(27)24-18-9-5-2-6-10-18/h1-14,19-20H,(H,24,27)/t19-,20+,25?/m0/s1. The second-order valence-electron chi connectivity index (χ2n) is 6.37. The minimum Gasteiger partial charge on any atom is -0.308 e. The van der Waals surface area contributed by atoms with E-state index in [4.69, 9.17) is 0 Å². The molecule has 0 saturated carbocycles. The van der Waals surface area contributed by atoms with Gasteiger partial charge in [-0.15, -0.1) is 0 Å². The number of rotatable bonds is 4. The van der Waals surface area contributed by atoms with E-state index in [0.717, 1.165) is 10.0 Å². The highest BCUT2D eigenvalue weighted by atomic mass is 79.9. The SMILES string of the molecule is O=C(c1ccc(Br)cc1)[C@H]1[C@H](c2ccccc2)N1C(=O)Nc1ccccc1. The van der Waals surface area contributed by atoms with E-state index in [1.165, 1.54) is 0 Å². The fraction of sp³-hybridized carbons (Fsp3) is 0.0909. The summed E-state index contributed by atoms with van der Waals surface area (Å²) >= 11 is 3.38. The molecular formula is C22H17BrN2O2. The molecule has 1 saturated heterocycles. The summed E-state index contributed by atoms with van der Waals surface area (Å²) in [4.78, 5) is 27.5. The van der Waals surface area contributed by atoms with Gasteiger partial charge < -0.3 is 10.2 Å². The summed E-state index contributed by atoms with van der Waals surface area (Å²) in [7, 11) is 0. The topological polar surface area (TPSA) is 49.2 Å². The number of hydrogen-bond acceptors (Lipinski definition) is 2. The summed E-state index contributed by atoms with van der Waals surface area (Å²) < 4.78 is 0.910. The van der Waals surface area contributed by atoms with Crippen molar-refractivity contribution in [1.29, 1.82) is 0 Å². The van der Waals surface area contributed by atoms with Gasteiger partial charge >= 0.3 is 6.03 Å². The Kier molecular flexibility index (Phi) is 4.77. The van der Waals surface area contributed by atoms with Gasteiger partial charge in [0, 0.05) is 15.7 Å². The zero-order valence-electron chi connectivity index (χ0n) is 14.4. The van der Waals surface area contributed by atoms with Crippen molar-refractivity contribution in [2.75, 3.05) is 5.32 Å². The summed E-state index contributed by atoms with van der Waals surface area (Å²) in [6.45, 7) is 0. The number of halogens is 1. The van der Waals surface area contributed by atoms with Crippen LogP contribution < -0.4 is 5.32 Å². The molecule has 2 amide bonds. The third-order valence-corrected chi connectivity index (χ3v) is 5.14. The monoisotopic (exact) mass is 420 g/mol. The molecule has 0 radical (unpaired) electrons. The van der Waals surface area contributed by atoms with Crippen LogP contribution in [0.1, 0.15) is 22.0 Å². The first-order valence-corrected chi connectivity index (χ1v) is 9.43. The maximum absolute atomic E-state index is 13.0. The average molecular weight is 421 g/mol. The number of urea groups is 1. The molecule has 1 fully saturated rings. The summed E-state index contributed by atoms with van der Waals surface area (Å²) in [5, 5.41) is 2.88. The van der Waals surface area contributed by atoms with Crippen LogP contribution in [0, 0.1) is 0 Å². The van der Waals surface area contributed by atoms with E-state index in [2.05, 4.69) is 21.2 Å². The van der Waals surface area contributed by atoms with Crippen molar-refractivity contribution in [3.63, 3.8) is 0 Å². The van der Waals surface area contributed by atoms with Crippen LogP contribution in [0.4, 0.5) is 10.5 Å². The van der Waals surface area contributed by atoms with Crippen LogP contribution in [0.25, 0.3) is 0 Å². The number of benzene rings is 3. The molecule has 5 heteroatoms. The minimum absolute atomic E-state index is 0.0560. The Balaban J connectivity index is 1.60. The summed E-state index contributed by atoms with van der Waals surface area (Å²) in [6.07, 6.45) is 0. The summed E-state index contributed by atoms with van der Waals surface area (Å²) in [5.74, 6) is -0.0560. The zero-order valence-corrected chi connectivity index (χ0v) is 16.0. The fourth-order valence-electron chi connectivity index (χ4n) is 3.24. The first kappa shape index (κ1) is 17.5. The van der Waals surface area contributed by atoms with Crippen LogP contribution in [-0.4, -0.2) is 22.8 Å². The number of amides is 2. The molecule has 0 unspecified atom stereocenters. The van der Waals surface area contributed by atoms with E-state index in [0.29, 0.717) is 11.3 Å². The Morgan fingerprint density at radius 3 is 2.04 bits per heavy atom. The largest absolute Gasteiger partial charge is 0.323 e. The van der Waals surface area contributed by atoms with Crippen LogP contribution in [0.15, 0.2) is 89.4 Å². The number of carbonyl (C=O) groups is 2. The average Bonchev–Trinajstić information content (AvgIpc) is 3.45. The van der Waals surface area contributed by atoms with Crippen molar-refractivity contribution in [2.45, 2.75) is 12.1 Å². The van der Waals surface area contributed by atoms with Gasteiger partial charge in [0.15, 0.2) is 5.78 Å². The van der Waals surface area contributed by atoms with Crippen LogP contribution >= 0.6 is 15.9 Å². The second-order valence-corrected chi connectivity index (χ2v) is 7.29. The van der Waals surface area contributed by atoms with Gasteiger partial charge in [-0.1, -0.05) is 76.6 Å². The lowest BCUT2D eigenvalue weighted by atomic mass is 10.0. The zero-order chi connectivity index (χ0) is 18.8. The molecule has 0 spiro atoms. The van der Waals surface area contributed by atoms with Gasteiger partial charge in [-0.3, -0.25) is 4.79 Å². The number of anilines is 1. The summed E-state index contributed by atoms with van der Waals surface area (Å²) in [6, 6.07) is 25.1. The van der Waals surface area contributed by atoms with E-state index in [1.54, 1.807) is 17.0 Å². The van der Waals surface area contributed by atoms with Gasteiger partial charge in [0.25, 0.3) is 0 Å². The minimum atomic E-state index is -0.503. The Labute approximate surface area is 165 Å². The molecule has 134 valence electrons. The van der Waals surface area contributed by atoms with E-state index in [-0.39, 0.29) is 17.9 Å². The number of para-hydroxylation sites is 1. The number of hydrogen-bond donors (Lipinski definition) is 1. The van der Waals surface area contributed by atoms with Gasteiger partial charge in [0.2, 0.25) is 0 Å². The number of nitrogens with one attached hydrogen (secondary N) is 1. The number of ketones is 1. The second kappa shape index (κ2) is 7.37. The molecule has 0 aromatic heterocycles. The van der Waals surface area contributed by atoms with Crippen molar-refractivity contribution in [1.82, 2.24) is 4.90 Å². The highest BCUT2D eigenvalue weighted by Crippen LogP contribution is 2.45. The van der Waals surface area contributed by atoms with Crippen LogP contribution in [0.5, 0.6) is 0 Å². The lowest BCUT2D eigenvalue weighted by molar-refractivity contribution is 0.0976. The van der Waals surface area contributed by atoms with Crippen LogP contribution in [0.3, 0.4) is 0 Å². The van der Waals surface area contributed by atoms with E-state index >= 15 is 0 Å². The smallest absolute Gasteiger partial charge is 0.308 e.